The van der Waals surface area contributed by atoms with Crippen LogP contribution in [0.2, 0.25) is 0 Å². The minimum atomic E-state index is -0.102. The number of rotatable bonds is 5. The molecule has 0 radical (unpaired) electrons. The lowest BCUT2D eigenvalue weighted by Crippen LogP contribution is -2.37. The molecule has 0 aromatic heterocycles. The van der Waals surface area contributed by atoms with Gasteiger partial charge >= 0.3 is 0 Å². The summed E-state index contributed by atoms with van der Waals surface area (Å²) in [6.07, 6.45) is 3.65. The van der Waals surface area contributed by atoms with Crippen LogP contribution in [-0.2, 0) is 6.54 Å². The Labute approximate surface area is 103 Å². The van der Waals surface area contributed by atoms with Crippen LogP contribution < -0.4 is 10.2 Å². The van der Waals surface area contributed by atoms with Crippen LogP contribution in [0.3, 0.4) is 0 Å². The topological polar surface area (TPSA) is 15.3 Å². The van der Waals surface area contributed by atoms with Crippen molar-refractivity contribution < 1.29 is 4.39 Å². The average molecular weight is 236 g/mol. The van der Waals surface area contributed by atoms with Crippen LogP contribution >= 0.6 is 0 Å². The second kappa shape index (κ2) is 5.50. The van der Waals surface area contributed by atoms with Gasteiger partial charge < -0.3 is 10.2 Å². The Hall–Kier alpha value is -1.09. The van der Waals surface area contributed by atoms with Crippen LogP contribution in [-0.4, -0.2) is 19.6 Å². The first kappa shape index (κ1) is 12.4. The van der Waals surface area contributed by atoms with Gasteiger partial charge in [-0.25, -0.2) is 4.39 Å². The summed E-state index contributed by atoms with van der Waals surface area (Å²) in [6.45, 7) is 3.70. The quantitative estimate of drug-likeness (QED) is 0.845. The zero-order valence-corrected chi connectivity index (χ0v) is 10.7. The Kier molecular flexibility index (Phi) is 4.00. The van der Waals surface area contributed by atoms with E-state index in [2.05, 4.69) is 17.1 Å². The van der Waals surface area contributed by atoms with E-state index in [-0.39, 0.29) is 5.82 Å². The predicted octanol–water partition coefficient (Wildman–Crippen LogP) is 2.92. The van der Waals surface area contributed by atoms with Gasteiger partial charge in [-0.05, 0) is 43.5 Å². The second-order valence-electron chi connectivity index (χ2n) is 4.76. The lowest BCUT2D eigenvalue weighted by molar-refractivity contribution is 0.398. The van der Waals surface area contributed by atoms with E-state index in [1.807, 2.05) is 19.2 Å². The number of benzene rings is 1. The molecule has 1 aromatic rings. The molecule has 1 aliphatic rings. The number of hydrogen-bond donors (Lipinski definition) is 1. The second-order valence-corrected chi connectivity index (χ2v) is 4.76. The molecule has 0 heterocycles. The number of hydrogen-bond acceptors (Lipinski definition) is 2. The van der Waals surface area contributed by atoms with Gasteiger partial charge in [0.15, 0.2) is 0 Å². The first-order chi connectivity index (χ1) is 8.22. The molecule has 0 unspecified atom stereocenters. The lowest BCUT2D eigenvalue weighted by Gasteiger charge is -2.36. The molecular formula is C14H21FN2. The molecule has 1 fully saturated rings. The van der Waals surface area contributed by atoms with E-state index >= 15 is 0 Å². The maximum Gasteiger partial charge on any atom is 0.146 e. The molecule has 94 valence electrons. The largest absolute Gasteiger partial charge is 0.369 e. The molecule has 17 heavy (non-hydrogen) atoms. The summed E-state index contributed by atoms with van der Waals surface area (Å²) in [7, 11) is 1.99. The molecule has 2 nitrogen and oxygen atoms in total. The number of nitrogens with one attached hydrogen (secondary N) is 1. The fourth-order valence-corrected chi connectivity index (χ4v) is 2.19. The standard InChI is InChI=1S/C14H21FN2/c1-3-16-10-11-7-8-14(13(15)9-11)17(2)12-5-4-6-12/h7-9,12,16H,3-6,10H2,1-2H3. The summed E-state index contributed by atoms with van der Waals surface area (Å²) in [5.41, 5.74) is 1.74. The minimum Gasteiger partial charge on any atom is -0.369 e. The van der Waals surface area contributed by atoms with Crippen molar-refractivity contribution in [3.8, 4) is 0 Å². The third-order valence-electron chi connectivity index (χ3n) is 3.59. The van der Waals surface area contributed by atoms with Crippen LogP contribution in [0, 0.1) is 5.82 Å². The molecule has 3 heteroatoms. The Morgan fingerprint density at radius 1 is 1.41 bits per heavy atom. The molecule has 0 saturated heterocycles. The van der Waals surface area contributed by atoms with E-state index in [4.69, 9.17) is 0 Å². The van der Waals surface area contributed by atoms with Gasteiger partial charge in [0.25, 0.3) is 0 Å². The Balaban J connectivity index is 2.07. The zero-order chi connectivity index (χ0) is 12.3. The molecule has 1 aromatic carbocycles. The van der Waals surface area contributed by atoms with Crippen molar-refractivity contribution in [1.29, 1.82) is 0 Å². The molecule has 0 atom stereocenters. The Morgan fingerprint density at radius 3 is 2.71 bits per heavy atom. The number of anilines is 1. The van der Waals surface area contributed by atoms with Crippen LogP contribution in [0.5, 0.6) is 0 Å². The van der Waals surface area contributed by atoms with E-state index in [1.165, 1.54) is 19.3 Å². The van der Waals surface area contributed by atoms with E-state index in [1.54, 1.807) is 6.07 Å². The third-order valence-corrected chi connectivity index (χ3v) is 3.59. The van der Waals surface area contributed by atoms with Gasteiger partial charge in [-0.2, -0.15) is 0 Å². The zero-order valence-electron chi connectivity index (χ0n) is 10.7. The van der Waals surface area contributed by atoms with Gasteiger partial charge in [-0.15, -0.1) is 0 Å². The van der Waals surface area contributed by atoms with Gasteiger partial charge in [-0.1, -0.05) is 13.0 Å². The highest BCUT2D eigenvalue weighted by atomic mass is 19.1. The maximum atomic E-state index is 14.0. The van der Waals surface area contributed by atoms with E-state index < -0.39 is 0 Å². The highest BCUT2D eigenvalue weighted by Gasteiger charge is 2.23. The van der Waals surface area contributed by atoms with Gasteiger partial charge in [-0.3, -0.25) is 0 Å². The van der Waals surface area contributed by atoms with Crippen molar-refractivity contribution >= 4 is 5.69 Å². The summed E-state index contributed by atoms with van der Waals surface area (Å²) in [5, 5.41) is 3.21. The smallest absolute Gasteiger partial charge is 0.146 e. The van der Waals surface area contributed by atoms with Crippen molar-refractivity contribution in [2.45, 2.75) is 38.8 Å². The van der Waals surface area contributed by atoms with Gasteiger partial charge in [0.05, 0.1) is 5.69 Å². The molecule has 1 saturated carbocycles. The molecular weight excluding hydrogens is 215 g/mol. The van der Waals surface area contributed by atoms with E-state index in [0.717, 1.165) is 24.3 Å². The molecule has 1 N–H and O–H groups in total. The van der Waals surface area contributed by atoms with Crippen LogP contribution in [0.25, 0.3) is 0 Å². The fraction of sp³-hybridized carbons (Fsp3) is 0.571. The van der Waals surface area contributed by atoms with Gasteiger partial charge in [0.2, 0.25) is 0 Å². The summed E-state index contributed by atoms with van der Waals surface area (Å²) in [6, 6.07) is 6.09. The molecule has 0 spiro atoms. The van der Waals surface area contributed by atoms with Gasteiger partial charge in [0.1, 0.15) is 5.82 Å². The summed E-state index contributed by atoms with van der Waals surface area (Å²) >= 11 is 0. The first-order valence-corrected chi connectivity index (χ1v) is 6.44. The predicted molar refractivity (Wildman–Crippen MR) is 69.8 cm³/mol. The highest BCUT2D eigenvalue weighted by Crippen LogP contribution is 2.30. The molecule has 1 aliphatic carbocycles. The SMILES string of the molecule is CCNCc1ccc(N(C)C2CCC2)c(F)c1. The van der Waals surface area contributed by atoms with Crippen LogP contribution in [0.15, 0.2) is 18.2 Å². The molecule has 2 rings (SSSR count). The molecule has 0 amide bonds. The number of halogens is 1. The summed E-state index contributed by atoms with van der Waals surface area (Å²) in [4.78, 5) is 2.08. The highest BCUT2D eigenvalue weighted by molar-refractivity contribution is 5.49. The monoisotopic (exact) mass is 236 g/mol. The Bertz CT molecular complexity index is 374. The average Bonchev–Trinajstić information content (AvgIpc) is 2.23. The van der Waals surface area contributed by atoms with Crippen molar-refractivity contribution in [2.75, 3.05) is 18.5 Å². The summed E-state index contributed by atoms with van der Waals surface area (Å²) in [5.74, 6) is -0.102. The molecule has 0 aliphatic heterocycles. The first-order valence-electron chi connectivity index (χ1n) is 6.44. The Morgan fingerprint density at radius 2 is 2.18 bits per heavy atom. The van der Waals surface area contributed by atoms with Crippen molar-refractivity contribution in [2.24, 2.45) is 0 Å². The lowest BCUT2D eigenvalue weighted by atomic mass is 9.91. The van der Waals surface area contributed by atoms with Crippen molar-refractivity contribution in [3.63, 3.8) is 0 Å². The maximum absolute atomic E-state index is 14.0. The van der Waals surface area contributed by atoms with Gasteiger partial charge in [0, 0.05) is 19.6 Å². The van der Waals surface area contributed by atoms with Crippen molar-refractivity contribution in [3.05, 3.63) is 29.6 Å². The van der Waals surface area contributed by atoms with Crippen molar-refractivity contribution in [1.82, 2.24) is 5.32 Å². The summed E-state index contributed by atoms with van der Waals surface area (Å²) < 4.78 is 14.0. The normalized spacial score (nSPS) is 15.7. The minimum absolute atomic E-state index is 0.102. The van der Waals surface area contributed by atoms with E-state index in [0.29, 0.717) is 6.04 Å². The van der Waals surface area contributed by atoms with Crippen LogP contribution in [0.4, 0.5) is 10.1 Å². The number of nitrogens with zero attached hydrogens (tertiary/aromatic N) is 1. The van der Waals surface area contributed by atoms with E-state index in [9.17, 15) is 4.39 Å². The molecule has 0 bridgehead atoms. The van der Waals surface area contributed by atoms with Crippen LogP contribution in [0.1, 0.15) is 31.7 Å². The fourth-order valence-electron chi connectivity index (χ4n) is 2.19. The third kappa shape index (κ3) is 2.78.